The molecule has 0 bridgehead atoms. The number of nitrogens with zero attached hydrogens (tertiary/aromatic N) is 2. The highest BCUT2D eigenvalue weighted by molar-refractivity contribution is 6.44. The van der Waals surface area contributed by atoms with E-state index in [1.54, 1.807) is 0 Å². The summed E-state index contributed by atoms with van der Waals surface area (Å²) in [5, 5.41) is 14.6. The number of anilines is 3. The molecule has 0 unspecified atom stereocenters. The van der Waals surface area contributed by atoms with Gasteiger partial charge in [0.05, 0.1) is 37.8 Å². The standard InChI is InChI=1S/C11H8Cl3N5O2/c12-6-3-8(14)9(4-7(6)13)16-10-1-5(19(20)21)2-11(17-10)18-15/h1-4H,15H2,(H2,16,17,18). The second-order valence-electron chi connectivity index (χ2n) is 3.87. The van der Waals surface area contributed by atoms with E-state index in [9.17, 15) is 10.1 Å². The van der Waals surface area contributed by atoms with Crippen molar-refractivity contribution in [3.63, 3.8) is 0 Å². The number of nitrogens with one attached hydrogen (secondary N) is 2. The predicted molar refractivity (Wildman–Crippen MR) is 83.5 cm³/mol. The molecule has 0 spiro atoms. The summed E-state index contributed by atoms with van der Waals surface area (Å²) in [6.07, 6.45) is 0. The summed E-state index contributed by atoms with van der Waals surface area (Å²) in [7, 11) is 0. The Bertz CT molecular complexity index is 710. The van der Waals surface area contributed by atoms with Crippen molar-refractivity contribution in [2.24, 2.45) is 5.84 Å². The fourth-order valence-electron chi connectivity index (χ4n) is 1.52. The third-order valence-corrected chi connectivity index (χ3v) is 3.48. The Balaban J connectivity index is 2.41. The number of halogens is 3. The number of rotatable bonds is 4. The Morgan fingerprint density at radius 3 is 2.29 bits per heavy atom. The van der Waals surface area contributed by atoms with E-state index in [4.69, 9.17) is 40.6 Å². The summed E-state index contributed by atoms with van der Waals surface area (Å²) in [4.78, 5) is 14.3. The van der Waals surface area contributed by atoms with Crippen LogP contribution in [0.25, 0.3) is 0 Å². The Hall–Kier alpha value is -1.80. The lowest BCUT2D eigenvalue weighted by molar-refractivity contribution is -0.384. The van der Waals surface area contributed by atoms with Crippen molar-refractivity contribution in [1.82, 2.24) is 4.98 Å². The van der Waals surface area contributed by atoms with E-state index < -0.39 is 4.92 Å². The topological polar surface area (TPSA) is 106 Å². The summed E-state index contributed by atoms with van der Waals surface area (Å²) < 4.78 is 0. The van der Waals surface area contributed by atoms with Crippen molar-refractivity contribution >= 4 is 57.8 Å². The van der Waals surface area contributed by atoms with Crippen LogP contribution < -0.4 is 16.6 Å². The van der Waals surface area contributed by atoms with Crippen molar-refractivity contribution in [3.8, 4) is 0 Å². The molecule has 1 heterocycles. The molecule has 1 aromatic carbocycles. The van der Waals surface area contributed by atoms with E-state index in [-0.39, 0.29) is 22.3 Å². The Morgan fingerprint density at radius 2 is 1.67 bits per heavy atom. The van der Waals surface area contributed by atoms with Crippen molar-refractivity contribution in [2.75, 3.05) is 10.7 Å². The van der Waals surface area contributed by atoms with Gasteiger partial charge in [0.15, 0.2) is 0 Å². The van der Waals surface area contributed by atoms with Crippen LogP contribution in [0.1, 0.15) is 0 Å². The monoisotopic (exact) mass is 347 g/mol. The zero-order valence-corrected chi connectivity index (χ0v) is 12.5. The molecule has 2 aromatic rings. The molecule has 10 heteroatoms. The average molecular weight is 349 g/mol. The van der Waals surface area contributed by atoms with E-state index >= 15 is 0 Å². The van der Waals surface area contributed by atoms with Crippen LogP contribution in [0.3, 0.4) is 0 Å². The van der Waals surface area contributed by atoms with E-state index in [0.717, 1.165) is 0 Å². The first-order chi connectivity index (χ1) is 9.90. The molecule has 0 saturated heterocycles. The largest absolute Gasteiger partial charge is 0.339 e. The number of nitrogen functional groups attached to an aromatic ring is 1. The van der Waals surface area contributed by atoms with Gasteiger partial charge >= 0.3 is 0 Å². The average Bonchev–Trinajstić information content (AvgIpc) is 2.44. The van der Waals surface area contributed by atoms with Gasteiger partial charge in [-0.1, -0.05) is 34.8 Å². The fraction of sp³-hybridized carbons (Fsp3) is 0. The molecule has 4 N–H and O–H groups in total. The molecule has 0 atom stereocenters. The molecule has 0 aliphatic heterocycles. The quantitative estimate of drug-likeness (QED) is 0.334. The molecule has 0 aliphatic rings. The molecule has 1 aromatic heterocycles. The maximum absolute atomic E-state index is 10.9. The number of nitrogens with two attached hydrogens (primary N) is 1. The van der Waals surface area contributed by atoms with Gasteiger partial charge in [-0.15, -0.1) is 0 Å². The highest BCUT2D eigenvalue weighted by atomic mass is 35.5. The van der Waals surface area contributed by atoms with E-state index in [1.165, 1.54) is 24.3 Å². The van der Waals surface area contributed by atoms with Crippen LogP contribution in [0.4, 0.5) is 23.0 Å². The van der Waals surface area contributed by atoms with Crippen LogP contribution in [0.15, 0.2) is 24.3 Å². The lowest BCUT2D eigenvalue weighted by atomic mass is 10.3. The number of pyridine rings is 1. The third kappa shape index (κ3) is 3.64. The molecule has 0 saturated carbocycles. The summed E-state index contributed by atoms with van der Waals surface area (Å²) in [5.74, 6) is 5.53. The first-order valence-corrected chi connectivity index (χ1v) is 6.58. The lowest BCUT2D eigenvalue weighted by Gasteiger charge is -2.10. The highest BCUT2D eigenvalue weighted by Crippen LogP contribution is 2.34. The second-order valence-corrected chi connectivity index (χ2v) is 5.09. The minimum absolute atomic E-state index is 0.128. The minimum Gasteiger partial charge on any atom is -0.339 e. The smallest absolute Gasteiger partial charge is 0.276 e. The molecule has 7 nitrogen and oxygen atoms in total. The van der Waals surface area contributed by atoms with Crippen molar-refractivity contribution in [2.45, 2.75) is 0 Å². The number of hydrogen-bond acceptors (Lipinski definition) is 6. The first-order valence-electron chi connectivity index (χ1n) is 5.45. The van der Waals surface area contributed by atoms with Gasteiger partial charge in [0.25, 0.3) is 5.69 Å². The van der Waals surface area contributed by atoms with E-state index in [0.29, 0.717) is 15.7 Å². The van der Waals surface area contributed by atoms with Crippen molar-refractivity contribution < 1.29 is 4.92 Å². The number of benzene rings is 1. The van der Waals surface area contributed by atoms with Gasteiger partial charge in [0, 0.05) is 0 Å². The summed E-state index contributed by atoms with van der Waals surface area (Å²) in [6.45, 7) is 0. The van der Waals surface area contributed by atoms with Gasteiger partial charge < -0.3 is 10.7 Å². The molecule has 21 heavy (non-hydrogen) atoms. The Kier molecular flexibility index (Phi) is 4.69. The van der Waals surface area contributed by atoms with Crippen LogP contribution in [0, 0.1) is 10.1 Å². The maximum Gasteiger partial charge on any atom is 0.276 e. The zero-order chi connectivity index (χ0) is 15.6. The van der Waals surface area contributed by atoms with Crippen molar-refractivity contribution in [3.05, 3.63) is 49.4 Å². The van der Waals surface area contributed by atoms with E-state index in [1.807, 2.05) is 0 Å². The van der Waals surface area contributed by atoms with Gasteiger partial charge in [-0.3, -0.25) is 10.1 Å². The molecule has 0 aliphatic carbocycles. The van der Waals surface area contributed by atoms with Gasteiger partial charge in [-0.2, -0.15) is 0 Å². The molecular weight excluding hydrogens is 341 g/mol. The maximum atomic E-state index is 10.9. The second kappa shape index (κ2) is 6.31. The predicted octanol–water partition coefficient (Wildman–Crippen LogP) is 3.98. The first kappa shape index (κ1) is 15.6. The Morgan fingerprint density at radius 1 is 1.05 bits per heavy atom. The third-order valence-electron chi connectivity index (χ3n) is 2.44. The number of aromatic nitrogens is 1. The van der Waals surface area contributed by atoms with Crippen molar-refractivity contribution in [1.29, 1.82) is 0 Å². The van der Waals surface area contributed by atoms with Gasteiger partial charge in [0.1, 0.15) is 11.6 Å². The summed E-state index contributed by atoms with van der Waals surface area (Å²) in [5.41, 5.74) is 2.47. The Labute approximate surface area is 134 Å². The SMILES string of the molecule is NNc1cc([N+](=O)[O-])cc(Nc2cc(Cl)c(Cl)cc2Cl)n1. The van der Waals surface area contributed by atoms with Crippen LogP contribution in [0.5, 0.6) is 0 Å². The number of hydrogen-bond donors (Lipinski definition) is 3. The van der Waals surface area contributed by atoms with Crippen LogP contribution in [-0.4, -0.2) is 9.91 Å². The molecule has 2 rings (SSSR count). The normalized spacial score (nSPS) is 10.3. The fourth-order valence-corrected chi connectivity index (χ4v) is 2.11. The molecule has 0 radical (unpaired) electrons. The number of nitro groups is 1. The molecule has 0 fully saturated rings. The molecule has 110 valence electrons. The molecule has 0 amide bonds. The van der Waals surface area contributed by atoms with Gasteiger partial charge in [-0.05, 0) is 12.1 Å². The minimum atomic E-state index is -0.565. The van der Waals surface area contributed by atoms with Gasteiger partial charge in [-0.25, -0.2) is 10.8 Å². The number of hydrazine groups is 1. The van der Waals surface area contributed by atoms with E-state index in [2.05, 4.69) is 15.7 Å². The van der Waals surface area contributed by atoms with Crippen LogP contribution in [0.2, 0.25) is 15.1 Å². The summed E-state index contributed by atoms with van der Waals surface area (Å²) >= 11 is 17.7. The van der Waals surface area contributed by atoms with Gasteiger partial charge in [0.2, 0.25) is 0 Å². The lowest BCUT2D eigenvalue weighted by Crippen LogP contribution is -2.10. The van der Waals surface area contributed by atoms with Crippen LogP contribution >= 0.6 is 34.8 Å². The zero-order valence-electron chi connectivity index (χ0n) is 10.2. The van der Waals surface area contributed by atoms with Crippen LogP contribution in [-0.2, 0) is 0 Å². The summed E-state index contributed by atoms with van der Waals surface area (Å²) in [6, 6.07) is 5.37. The highest BCUT2D eigenvalue weighted by Gasteiger charge is 2.13. The molecular formula is C11H8Cl3N5O2.